The van der Waals surface area contributed by atoms with Crippen molar-refractivity contribution in [1.29, 1.82) is 0 Å². The van der Waals surface area contributed by atoms with E-state index in [1.165, 1.54) is 12.3 Å². The Morgan fingerprint density at radius 1 is 1.40 bits per heavy atom. The third-order valence-corrected chi connectivity index (χ3v) is 2.49. The summed E-state index contributed by atoms with van der Waals surface area (Å²) >= 11 is 1.58. The van der Waals surface area contributed by atoms with Crippen molar-refractivity contribution < 1.29 is 9.90 Å². The topological polar surface area (TPSA) is 62.2 Å². The number of carboxylic acid groups (broad SMARTS) is 1. The van der Waals surface area contributed by atoms with Crippen LogP contribution in [-0.4, -0.2) is 16.1 Å². The Labute approximate surface area is 90.2 Å². The van der Waals surface area contributed by atoms with Gasteiger partial charge >= 0.3 is 5.97 Å². The third kappa shape index (κ3) is 2.32. The summed E-state index contributed by atoms with van der Waals surface area (Å²) in [5.41, 5.74) is 1.14. The molecular formula is C10H8N2O2S. The molecule has 76 valence electrons. The molecule has 0 aliphatic heterocycles. The first kappa shape index (κ1) is 9.67. The number of rotatable bonds is 3. The lowest BCUT2D eigenvalue weighted by molar-refractivity contribution is 0.0696. The molecule has 0 atom stereocenters. The second-order valence-electron chi connectivity index (χ2n) is 2.87. The molecule has 0 spiro atoms. The molecule has 0 fully saturated rings. The predicted octanol–water partition coefficient (Wildman–Crippen LogP) is 2.58. The van der Waals surface area contributed by atoms with Crippen LogP contribution in [0.1, 0.15) is 10.4 Å². The lowest BCUT2D eigenvalue weighted by Gasteiger charge is -2.02. The minimum absolute atomic E-state index is 0.186. The van der Waals surface area contributed by atoms with Gasteiger partial charge in [0.1, 0.15) is 5.82 Å². The molecule has 0 aliphatic carbocycles. The Morgan fingerprint density at radius 2 is 2.27 bits per heavy atom. The standard InChI is InChI=1S/C10H8N2O2S/c13-10(14)7-1-2-9(11-5-7)12-8-3-4-15-6-8/h1-6H,(H,11,12)(H,13,14). The number of aromatic nitrogens is 1. The molecule has 2 N–H and O–H groups in total. The van der Waals surface area contributed by atoms with Crippen molar-refractivity contribution in [3.8, 4) is 0 Å². The molecule has 4 nitrogen and oxygen atoms in total. The molecule has 0 radical (unpaired) electrons. The van der Waals surface area contributed by atoms with Gasteiger partial charge in [-0.1, -0.05) is 0 Å². The molecule has 2 aromatic heterocycles. The Bertz CT molecular complexity index is 451. The number of nitrogens with one attached hydrogen (secondary N) is 1. The smallest absolute Gasteiger partial charge is 0.337 e. The number of carboxylic acids is 1. The molecule has 2 aromatic rings. The van der Waals surface area contributed by atoms with Crippen LogP contribution in [-0.2, 0) is 0 Å². The van der Waals surface area contributed by atoms with Crippen molar-refractivity contribution in [2.24, 2.45) is 0 Å². The lowest BCUT2D eigenvalue weighted by Crippen LogP contribution is -1.98. The van der Waals surface area contributed by atoms with Gasteiger partial charge in [-0.05, 0) is 23.6 Å². The molecule has 15 heavy (non-hydrogen) atoms. The number of aromatic carboxylic acids is 1. The van der Waals surface area contributed by atoms with E-state index >= 15 is 0 Å². The number of nitrogens with zero attached hydrogens (tertiary/aromatic N) is 1. The SMILES string of the molecule is O=C(O)c1ccc(Nc2ccsc2)nc1. The van der Waals surface area contributed by atoms with Crippen molar-refractivity contribution in [3.05, 3.63) is 40.7 Å². The van der Waals surface area contributed by atoms with Gasteiger partial charge in [0, 0.05) is 11.6 Å². The summed E-state index contributed by atoms with van der Waals surface area (Å²) in [6, 6.07) is 5.09. The first-order valence-corrected chi connectivity index (χ1v) is 5.18. The lowest BCUT2D eigenvalue weighted by atomic mass is 10.3. The first-order chi connectivity index (χ1) is 7.25. The van der Waals surface area contributed by atoms with Crippen molar-refractivity contribution >= 4 is 28.8 Å². The summed E-state index contributed by atoms with van der Waals surface area (Å²) < 4.78 is 0. The van der Waals surface area contributed by atoms with E-state index in [2.05, 4.69) is 10.3 Å². The zero-order valence-corrected chi connectivity index (χ0v) is 8.49. The number of thiophene rings is 1. The third-order valence-electron chi connectivity index (χ3n) is 1.80. The summed E-state index contributed by atoms with van der Waals surface area (Å²) in [5.74, 6) is -0.331. The van der Waals surface area contributed by atoms with Crippen molar-refractivity contribution in [2.75, 3.05) is 5.32 Å². The molecule has 5 heteroatoms. The summed E-state index contributed by atoms with van der Waals surface area (Å²) in [4.78, 5) is 14.6. The van der Waals surface area contributed by atoms with Crippen LogP contribution >= 0.6 is 11.3 Å². The molecule has 0 amide bonds. The number of pyridine rings is 1. The summed E-state index contributed by atoms with van der Waals surface area (Å²) in [5, 5.41) is 15.6. The summed E-state index contributed by atoms with van der Waals surface area (Å²) in [7, 11) is 0. The fourth-order valence-electron chi connectivity index (χ4n) is 1.08. The van der Waals surface area contributed by atoms with E-state index in [9.17, 15) is 4.79 Å². The van der Waals surface area contributed by atoms with Crippen LogP contribution in [0.15, 0.2) is 35.2 Å². The monoisotopic (exact) mass is 220 g/mol. The minimum atomic E-state index is -0.968. The van der Waals surface area contributed by atoms with Crippen LogP contribution in [0.25, 0.3) is 0 Å². The highest BCUT2D eigenvalue weighted by Gasteiger charge is 2.02. The zero-order chi connectivity index (χ0) is 10.7. The maximum Gasteiger partial charge on any atom is 0.337 e. The fraction of sp³-hybridized carbons (Fsp3) is 0. The van der Waals surface area contributed by atoms with Gasteiger partial charge in [-0.2, -0.15) is 11.3 Å². The number of hydrogen-bond donors (Lipinski definition) is 2. The van der Waals surface area contributed by atoms with Crippen LogP contribution < -0.4 is 5.32 Å². The Morgan fingerprint density at radius 3 is 2.80 bits per heavy atom. The van der Waals surface area contributed by atoms with E-state index in [4.69, 9.17) is 5.11 Å². The van der Waals surface area contributed by atoms with E-state index in [1.807, 2.05) is 16.8 Å². The van der Waals surface area contributed by atoms with E-state index in [-0.39, 0.29) is 5.56 Å². The second kappa shape index (κ2) is 4.10. The molecule has 2 heterocycles. The van der Waals surface area contributed by atoms with Gasteiger partial charge in [0.25, 0.3) is 0 Å². The van der Waals surface area contributed by atoms with E-state index in [0.717, 1.165) is 5.69 Å². The average Bonchev–Trinajstić information content (AvgIpc) is 2.71. The van der Waals surface area contributed by atoms with Gasteiger partial charge in [0.15, 0.2) is 0 Å². The highest BCUT2D eigenvalue weighted by atomic mass is 32.1. The molecule has 2 rings (SSSR count). The zero-order valence-electron chi connectivity index (χ0n) is 7.68. The highest BCUT2D eigenvalue weighted by Crippen LogP contribution is 2.17. The van der Waals surface area contributed by atoms with E-state index < -0.39 is 5.97 Å². The molecule has 0 aromatic carbocycles. The molecule has 0 aliphatic rings. The predicted molar refractivity (Wildman–Crippen MR) is 58.8 cm³/mol. The molecule has 0 saturated carbocycles. The Kier molecular flexibility index (Phi) is 2.64. The average molecular weight is 220 g/mol. The first-order valence-electron chi connectivity index (χ1n) is 4.24. The minimum Gasteiger partial charge on any atom is -0.478 e. The molecule has 0 unspecified atom stereocenters. The number of anilines is 2. The van der Waals surface area contributed by atoms with Gasteiger partial charge in [0.2, 0.25) is 0 Å². The maximum absolute atomic E-state index is 10.6. The number of carbonyl (C=O) groups is 1. The highest BCUT2D eigenvalue weighted by molar-refractivity contribution is 7.08. The van der Waals surface area contributed by atoms with Crippen LogP contribution in [0, 0.1) is 0 Å². The largest absolute Gasteiger partial charge is 0.478 e. The fourth-order valence-corrected chi connectivity index (χ4v) is 1.67. The van der Waals surface area contributed by atoms with Crippen molar-refractivity contribution in [3.63, 3.8) is 0 Å². The van der Waals surface area contributed by atoms with Crippen molar-refractivity contribution in [2.45, 2.75) is 0 Å². The van der Waals surface area contributed by atoms with Gasteiger partial charge in [-0.25, -0.2) is 9.78 Å². The summed E-state index contributed by atoms with van der Waals surface area (Å²) in [6.07, 6.45) is 1.33. The van der Waals surface area contributed by atoms with Crippen LogP contribution in [0.2, 0.25) is 0 Å². The van der Waals surface area contributed by atoms with Crippen LogP contribution in [0.4, 0.5) is 11.5 Å². The molecular weight excluding hydrogens is 212 g/mol. The van der Waals surface area contributed by atoms with Gasteiger partial charge in [0.05, 0.1) is 11.3 Å². The van der Waals surface area contributed by atoms with Crippen LogP contribution in [0.5, 0.6) is 0 Å². The maximum atomic E-state index is 10.6. The van der Waals surface area contributed by atoms with Gasteiger partial charge in [-0.3, -0.25) is 0 Å². The molecule has 0 bridgehead atoms. The summed E-state index contributed by atoms with van der Waals surface area (Å²) in [6.45, 7) is 0. The second-order valence-corrected chi connectivity index (χ2v) is 3.65. The van der Waals surface area contributed by atoms with Gasteiger partial charge < -0.3 is 10.4 Å². The Balaban J connectivity index is 2.14. The normalized spacial score (nSPS) is 9.87. The van der Waals surface area contributed by atoms with Crippen LogP contribution in [0.3, 0.4) is 0 Å². The quantitative estimate of drug-likeness (QED) is 0.834. The van der Waals surface area contributed by atoms with E-state index in [1.54, 1.807) is 17.4 Å². The van der Waals surface area contributed by atoms with E-state index in [0.29, 0.717) is 5.82 Å². The number of hydrogen-bond acceptors (Lipinski definition) is 4. The van der Waals surface area contributed by atoms with Crippen molar-refractivity contribution in [1.82, 2.24) is 4.98 Å². The Hall–Kier alpha value is -1.88. The molecule has 0 saturated heterocycles. The van der Waals surface area contributed by atoms with Gasteiger partial charge in [-0.15, -0.1) is 0 Å².